The smallest absolute Gasteiger partial charge is 0.187 e. The second-order valence-electron chi connectivity index (χ2n) is 4.90. The van der Waals surface area contributed by atoms with Gasteiger partial charge in [-0.2, -0.15) is 0 Å². The molecule has 0 saturated heterocycles. The standard InChI is InChI=1S/C18H18N2OS/c1-3-13-6-4-5-7-16(13)19-18-20-17(12-22-18)14-8-10-15(21-2)11-9-14/h4-12H,3H2,1-2H3,(H,19,20). The first-order chi connectivity index (χ1) is 10.8. The van der Waals surface area contributed by atoms with Crippen LogP contribution in [-0.2, 0) is 6.42 Å². The Hall–Kier alpha value is -2.33. The zero-order valence-electron chi connectivity index (χ0n) is 12.7. The molecule has 3 aromatic rings. The van der Waals surface area contributed by atoms with E-state index in [1.807, 2.05) is 30.3 Å². The van der Waals surface area contributed by atoms with Crippen LogP contribution in [0.25, 0.3) is 11.3 Å². The Labute approximate surface area is 134 Å². The van der Waals surface area contributed by atoms with Gasteiger partial charge in [0.25, 0.3) is 0 Å². The van der Waals surface area contributed by atoms with Crippen molar-refractivity contribution in [1.82, 2.24) is 4.98 Å². The van der Waals surface area contributed by atoms with E-state index in [9.17, 15) is 0 Å². The van der Waals surface area contributed by atoms with Crippen LogP contribution in [0.5, 0.6) is 5.75 Å². The van der Waals surface area contributed by atoms with E-state index in [0.29, 0.717) is 0 Å². The molecule has 0 saturated carbocycles. The van der Waals surface area contributed by atoms with Crippen molar-refractivity contribution < 1.29 is 4.74 Å². The van der Waals surface area contributed by atoms with Crippen molar-refractivity contribution in [2.24, 2.45) is 0 Å². The predicted octanol–water partition coefficient (Wildman–Crippen LogP) is 5.12. The Morgan fingerprint density at radius 2 is 1.86 bits per heavy atom. The Bertz CT molecular complexity index is 750. The average Bonchev–Trinajstić information content (AvgIpc) is 3.04. The van der Waals surface area contributed by atoms with Gasteiger partial charge in [-0.1, -0.05) is 25.1 Å². The van der Waals surface area contributed by atoms with Crippen LogP contribution in [0, 0.1) is 0 Å². The summed E-state index contributed by atoms with van der Waals surface area (Å²) in [6.07, 6.45) is 1.000. The summed E-state index contributed by atoms with van der Waals surface area (Å²) in [5.41, 5.74) is 4.49. The molecule has 3 rings (SSSR count). The predicted molar refractivity (Wildman–Crippen MR) is 93.2 cm³/mol. The SMILES string of the molecule is CCc1ccccc1Nc1nc(-c2ccc(OC)cc2)cs1. The van der Waals surface area contributed by atoms with E-state index >= 15 is 0 Å². The molecule has 0 fully saturated rings. The van der Waals surface area contributed by atoms with Crippen molar-refractivity contribution in [2.75, 3.05) is 12.4 Å². The number of para-hydroxylation sites is 1. The normalized spacial score (nSPS) is 10.5. The van der Waals surface area contributed by atoms with Crippen molar-refractivity contribution in [2.45, 2.75) is 13.3 Å². The molecule has 2 aromatic carbocycles. The van der Waals surface area contributed by atoms with E-state index in [4.69, 9.17) is 4.74 Å². The Morgan fingerprint density at radius 3 is 2.59 bits per heavy atom. The summed E-state index contributed by atoms with van der Waals surface area (Å²) in [6, 6.07) is 16.3. The third-order valence-corrected chi connectivity index (χ3v) is 4.29. The largest absolute Gasteiger partial charge is 0.497 e. The van der Waals surface area contributed by atoms with E-state index in [-0.39, 0.29) is 0 Å². The van der Waals surface area contributed by atoms with Gasteiger partial charge in [-0.25, -0.2) is 4.98 Å². The number of nitrogens with zero attached hydrogens (tertiary/aromatic N) is 1. The molecule has 4 heteroatoms. The van der Waals surface area contributed by atoms with E-state index in [1.165, 1.54) is 5.56 Å². The minimum atomic E-state index is 0.856. The van der Waals surface area contributed by atoms with E-state index in [1.54, 1.807) is 18.4 Å². The average molecular weight is 310 g/mol. The zero-order valence-corrected chi connectivity index (χ0v) is 13.5. The molecule has 0 spiro atoms. The van der Waals surface area contributed by atoms with E-state index in [2.05, 4.69) is 40.8 Å². The Morgan fingerprint density at radius 1 is 1.09 bits per heavy atom. The number of rotatable bonds is 5. The highest BCUT2D eigenvalue weighted by molar-refractivity contribution is 7.14. The third kappa shape index (κ3) is 3.12. The van der Waals surface area contributed by atoms with E-state index < -0.39 is 0 Å². The lowest BCUT2D eigenvalue weighted by molar-refractivity contribution is 0.415. The highest BCUT2D eigenvalue weighted by Gasteiger charge is 2.07. The van der Waals surface area contributed by atoms with Crippen LogP contribution in [0.3, 0.4) is 0 Å². The number of nitrogens with one attached hydrogen (secondary N) is 1. The molecule has 1 N–H and O–H groups in total. The number of hydrogen-bond donors (Lipinski definition) is 1. The van der Waals surface area contributed by atoms with E-state index in [0.717, 1.165) is 34.2 Å². The van der Waals surface area contributed by atoms with Crippen LogP contribution >= 0.6 is 11.3 Å². The summed E-state index contributed by atoms with van der Waals surface area (Å²) in [7, 11) is 1.67. The first-order valence-corrected chi connectivity index (χ1v) is 8.13. The maximum absolute atomic E-state index is 5.18. The lowest BCUT2D eigenvalue weighted by Gasteiger charge is -2.07. The second-order valence-corrected chi connectivity index (χ2v) is 5.76. The summed E-state index contributed by atoms with van der Waals surface area (Å²) in [5.74, 6) is 0.856. The summed E-state index contributed by atoms with van der Waals surface area (Å²) in [5, 5.41) is 6.40. The second kappa shape index (κ2) is 6.62. The molecule has 3 nitrogen and oxygen atoms in total. The molecule has 0 amide bonds. The quantitative estimate of drug-likeness (QED) is 0.710. The van der Waals surface area contributed by atoms with Crippen molar-refractivity contribution >= 4 is 22.2 Å². The maximum atomic E-state index is 5.18. The van der Waals surface area contributed by atoms with Gasteiger partial charge in [-0.15, -0.1) is 11.3 Å². The van der Waals surface area contributed by atoms with Crippen LogP contribution in [0.2, 0.25) is 0 Å². The molecule has 0 radical (unpaired) electrons. The molecule has 1 heterocycles. The highest BCUT2D eigenvalue weighted by atomic mass is 32.1. The monoisotopic (exact) mass is 310 g/mol. The molecule has 0 aliphatic rings. The number of benzene rings is 2. The highest BCUT2D eigenvalue weighted by Crippen LogP contribution is 2.29. The van der Waals surface area contributed by atoms with Gasteiger partial charge >= 0.3 is 0 Å². The van der Waals surface area contributed by atoms with Gasteiger partial charge in [0.05, 0.1) is 12.8 Å². The topological polar surface area (TPSA) is 34.2 Å². The van der Waals surface area contributed by atoms with Gasteiger partial charge in [0.2, 0.25) is 0 Å². The van der Waals surface area contributed by atoms with Crippen LogP contribution in [0.4, 0.5) is 10.8 Å². The maximum Gasteiger partial charge on any atom is 0.187 e. The molecule has 0 bridgehead atoms. The number of anilines is 2. The molecule has 22 heavy (non-hydrogen) atoms. The molecule has 112 valence electrons. The molecule has 1 aromatic heterocycles. The summed E-state index contributed by atoms with van der Waals surface area (Å²) >= 11 is 1.61. The van der Waals surface area contributed by atoms with Crippen molar-refractivity contribution in [3.8, 4) is 17.0 Å². The van der Waals surface area contributed by atoms with Crippen LogP contribution < -0.4 is 10.1 Å². The zero-order chi connectivity index (χ0) is 15.4. The fourth-order valence-corrected chi connectivity index (χ4v) is 3.02. The third-order valence-electron chi connectivity index (χ3n) is 3.53. The summed E-state index contributed by atoms with van der Waals surface area (Å²) < 4.78 is 5.18. The van der Waals surface area contributed by atoms with Gasteiger partial charge in [0.15, 0.2) is 5.13 Å². The van der Waals surface area contributed by atoms with Gasteiger partial charge in [-0.05, 0) is 42.3 Å². The molecular weight excluding hydrogens is 292 g/mol. The minimum Gasteiger partial charge on any atom is -0.497 e. The summed E-state index contributed by atoms with van der Waals surface area (Å²) in [4.78, 5) is 4.67. The Kier molecular flexibility index (Phi) is 4.39. The minimum absolute atomic E-state index is 0.856. The van der Waals surface area contributed by atoms with Gasteiger partial charge in [0.1, 0.15) is 5.75 Å². The number of hydrogen-bond acceptors (Lipinski definition) is 4. The molecular formula is C18H18N2OS. The fourth-order valence-electron chi connectivity index (χ4n) is 2.29. The van der Waals surface area contributed by atoms with Crippen LogP contribution in [-0.4, -0.2) is 12.1 Å². The molecule has 0 unspecified atom stereocenters. The molecule has 0 atom stereocenters. The summed E-state index contributed by atoms with van der Waals surface area (Å²) in [6.45, 7) is 2.16. The first kappa shape index (κ1) is 14.6. The van der Waals surface area contributed by atoms with Gasteiger partial charge in [-0.3, -0.25) is 0 Å². The van der Waals surface area contributed by atoms with Crippen molar-refractivity contribution in [1.29, 1.82) is 0 Å². The molecule has 0 aliphatic carbocycles. The van der Waals surface area contributed by atoms with Gasteiger partial charge < -0.3 is 10.1 Å². The van der Waals surface area contributed by atoms with Gasteiger partial charge in [0, 0.05) is 16.6 Å². The lowest BCUT2D eigenvalue weighted by atomic mass is 10.1. The number of methoxy groups -OCH3 is 1. The fraction of sp³-hybridized carbons (Fsp3) is 0.167. The van der Waals surface area contributed by atoms with Crippen molar-refractivity contribution in [3.05, 3.63) is 59.5 Å². The number of thiazole rings is 1. The van der Waals surface area contributed by atoms with Crippen LogP contribution in [0.15, 0.2) is 53.9 Å². The van der Waals surface area contributed by atoms with Crippen LogP contribution in [0.1, 0.15) is 12.5 Å². The Balaban J connectivity index is 1.81. The molecule has 0 aliphatic heterocycles. The lowest BCUT2D eigenvalue weighted by Crippen LogP contribution is -1.94. The number of aryl methyl sites for hydroxylation is 1. The number of aromatic nitrogens is 1. The first-order valence-electron chi connectivity index (χ1n) is 7.25. The number of ether oxygens (including phenoxy) is 1. The van der Waals surface area contributed by atoms with Crippen molar-refractivity contribution in [3.63, 3.8) is 0 Å².